The molecule has 1 aromatic heterocycles. The van der Waals surface area contributed by atoms with E-state index in [9.17, 15) is 4.39 Å². The van der Waals surface area contributed by atoms with Crippen LogP contribution in [-0.4, -0.2) is 11.5 Å². The zero-order valence-corrected chi connectivity index (χ0v) is 10.5. The molecule has 0 spiro atoms. The van der Waals surface area contributed by atoms with Crippen LogP contribution in [-0.2, 0) is 13.0 Å². The number of hydrogen-bond donors (Lipinski definition) is 0. The first-order chi connectivity index (χ1) is 8.72. The van der Waals surface area contributed by atoms with Gasteiger partial charge in [0.1, 0.15) is 11.0 Å². The van der Waals surface area contributed by atoms with Crippen LogP contribution in [0.3, 0.4) is 0 Å². The number of pyridine rings is 1. The van der Waals surface area contributed by atoms with Crippen molar-refractivity contribution in [2.75, 3.05) is 11.4 Å². The highest BCUT2D eigenvalue weighted by Crippen LogP contribution is 2.29. The highest BCUT2D eigenvalue weighted by atomic mass is 35.5. The van der Waals surface area contributed by atoms with Gasteiger partial charge >= 0.3 is 0 Å². The van der Waals surface area contributed by atoms with Gasteiger partial charge in [-0.25, -0.2) is 9.37 Å². The van der Waals surface area contributed by atoms with Crippen molar-refractivity contribution in [1.82, 2.24) is 4.98 Å². The SMILES string of the molecule is Fc1ccc2c(c1)N(Cc1cccc(Cl)n1)CC2. The average molecular weight is 263 g/mol. The molecule has 0 saturated heterocycles. The molecule has 0 atom stereocenters. The maximum absolute atomic E-state index is 13.3. The third-order valence-corrected chi connectivity index (χ3v) is 3.38. The minimum Gasteiger partial charge on any atom is -0.365 e. The van der Waals surface area contributed by atoms with Crippen LogP contribution in [0.2, 0.25) is 5.15 Å². The molecule has 0 radical (unpaired) electrons. The van der Waals surface area contributed by atoms with Gasteiger partial charge in [0.25, 0.3) is 0 Å². The van der Waals surface area contributed by atoms with E-state index in [-0.39, 0.29) is 5.82 Å². The molecule has 0 bridgehead atoms. The van der Waals surface area contributed by atoms with Crippen molar-refractivity contribution in [2.45, 2.75) is 13.0 Å². The molecule has 0 amide bonds. The Morgan fingerprint density at radius 1 is 1.28 bits per heavy atom. The molecule has 18 heavy (non-hydrogen) atoms. The zero-order valence-electron chi connectivity index (χ0n) is 9.74. The molecule has 3 rings (SSSR count). The van der Waals surface area contributed by atoms with Crippen LogP contribution < -0.4 is 4.90 Å². The van der Waals surface area contributed by atoms with Crippen LogP contribution in [0.1, 0.15) is 11.3 Å². The number of nitrogens with zero attached hydrogens (tertiary/aromatic N) is 2. The minimum absolute atomic E-state index is 0.195. The van der Waals surface area contributed by atoms with Gasteiger partial charge in [-0.15, -0.1) is 0 Å². The second-order valence-corrected chi connectivity index (χ2v) is 4.78. The van der Waals surface area contributed by atoms with E-state index >= 15 is 0 Å². The van der Waals surface area contributed by atoms with Crippen LogP contribution in [0.5, 0.6) is 0 Å². The Morgan fingerprint density at radius 2 is 2.17 bits per heavy atom. The van der Waals surface area contributed by atoms with Gasteiger partial charge in [-0.2, -0.15) is 0 Å². The number of rotatable bonds is 2. The standard InChI is InChI=1S/C14H12ClFN2/c15-14-3-1-2-12(17-14)9-18-7-6-10-4-5-11(16)8-13(10)18/h1-5,8H,6-7,9H2. The Hall–Kier alpha value is -1.61. The summed E-state index contributed by atoms with van der Waals surface area (Å²) in [6.07, 6.45) is 0.955. The van der Waals surface area contributed by atoms with Gasteiger partial charge in [-0.1, -0.05) is 23.7 Å². The normalized spacial score (nSPS) is 13.8. The second kappa shape index (κ2) is 4.58. The van der Waals surface area contributed by atoms with Crippen molar-refractivity contribution >= 4 is 17.3 Å². The summed E-state index contributed by atoms with van der Waals surface area (Å²) >= 11 is 5.87. The van der Waals surface area contributed by atoms with E-state index in [1.165, 1.54) is 11.6 Å². The van der Waals surface area contributed by atoms with Crippen molar-refractivity contribution < 1.29 is 4.39 Å². The molecule has 0 aliphatic carbocycles. The maximum atomic E-state index is 13.3. The minimum atomic E-state index is -0.195. The Balaban J connectivity index is 1.86. The third-order valence-electron chi connectivity index (χ3n) is 3.16. The first kappa shape index (κ1) is 11.5. The molecule has 2 heterocycles. The third kappa shape index (κ3) is 2.18. The summed E-state index contributed by atoms with van der Waals surface area (Å²) in [6, 6.07) is 10.5. The summed E-state index contributed by atoms with van der Waals surface area (Å²) in [5.41, 5.74) is 3.06. The van der Waals surface area contributed by atoms with Gasteiger partial charge in [0.05, 0.1) is 12.2 Å². The van der Waals surface area contributed by atoms with Crippen molar-refractivity contribution in [3.05, 3.63) is 58.6 Å². The van der Waals surface area contributed by atoms with E-state index in [4.69, 9.17) is 11.6 Å². The molecule has 0 saturated carbocycles. The van der Waals surface area contributed by atoms with E-state index in [1.54, 1.807) is 12.1 Å². The molecule has 2 aromatic rings. The van der Waals surface area contributed by atoms with Gasteiger partial charge in [0, 0.05) is 12.2 Å². The Kier molecular flexibility index (Phi) is 2.92. The molecule has 92 valence electrons. The molecular formula is C14H12ClFN2. The molecule has 0 N–H and O–H groups in total. The first-order valence-corrected chi connectivity index (χ1v) is 6.25. The fourth-order valence-electron chi connectivity index (χ4n) is 2.32. The van der Waals surface area contributed by atoms with Crippen LogP contribution in [0, 0.1) is 5.82 Å². The van der Waals surface area contributed by atoms with E-state index in [0.717, 1.165) is 24.3 Å². The zero-order chi connectivity index (χ0) is 12.5. The van der Waals surface area contributed by atoms with Gasteiger partial charge in [-0.3, -0.25) is 0 Å². The molecule has 2 nitrogen and oxygen atoms in total. The summed E-state index contributed by atoms with van der Waals surface area (Å²) in [5.74, 6) is -0.195. The number of fused-ring (bicyclic) bond motifs is 1. The van der Waals surface area contributed by atoms with Gasteiger partial charge in [0.15, 0.2) is 0 Å². The van der Waals surface area contributed by atoms with Crippen molar-refractivity contribution in [3.63, 3.8) is 0 Å². The number of benzene rings is 1. The van der Waals surface area contributed by atoms with Crippen LogP contribution in [0.15, 0.2) is 36.4 Å². The number of aromatic nitrogens is 1. The fourth-order valence-corrected chi connectivity index (χ4v) is 2.50. The van der Waals surface area contributed by atoms with Crippen molar-refractivity contribution in [2.24, 2.45) is 0 Å². The summed E-state index contributed by atoms with van der Waals surface area (Å²) in [7, 11) is 0. The van der Waals surface area contributed by atoms with Crippen LogP contribution in [0.4, 0.5) is 10.1 Å². The number of hydrogen-bond acceptors (Lipinski definition) is 2. The first-order valence-electron chi connectivity index (χ1n) is 5.87. The Morgan fingerprint density at radius 3 is 3.00 bits per heavy atom. The molecule has 4 heteroatoms. The van der Waals surface area contributed by atoms with Gasteiger partial charge < -0.3 is 4.90 Å². The maximum Gasteiger partial charge on any atom is 0.129 e. The second-order valence-electron chi connectivity index (χ2n) is 4.40. The molecule has 1 aliphatic heterocycles. The van der Waals surface area contributed by atoms with Gasteiger partial charge in [0.2, 0.25) is 0 Å². The molecular weight excluding hydrogens is 251 g/mol. The molecule has 0 unspecified atom stereocenters. The Labute approximate surface area is 110 Å². The van der Waals surface area contributed by atoms with E-state index in [1.807, 2.05) is 18.2 Å². The predicted molar refractivity (Wildman–Crippen MR) is 70.4 cm³/mol. The van der Waals surface area contributed by atoms with Crippen LogP contribution in [0.25, 0.3) is 0 Å². The van der Waals surface area contributed by atoms with Crippen LogP contribution >= 0.6 is 11.6 Å². The highest BCUT2D eigenvalue weighted by molar-refractivity contribution is 6.29. The highest BCUT2D eigenvalue weighted by Gasteiger charge is 2.19. The summed E-state index contributed by atoms with van der Waals surface area (Å²) in [4.78, 5) is 6.40. The average Bonchev–Trinajstić information content (AvgIpc) is 2.72. The van der Waals surface area contributed by atoms with E-state index in [2.05, 4.69) is 9.88 Å². The molecule has 1 aliphatic rings. The lowest BCUT2D eigenvalue weighted by atomic mass is 10.2. The molecule has 0 fully saturated rings. The monoisotopic (exact) mass is 262 g/mol. The Bertz CT molecular complexity index is 586. The smallest absolute Gasteiger partial charge is 0.129 e. The quantitative estimate of drug-likeness (QED) is 0.771. The summed E-state index contributed by atoms with van der Waals surface area (Å²) < 4.78 is 13.3. The lowest BCUT2D eigenvalue weighted by molar-refractivity contribution is 0.627. The lowest BCUT2D eigenvalue weighted by Gasteiger charge is -2.18. The molecule has 1 aromatic carbocycles. The van der Waals surface area contributed by atoms with Crippen molar-refractivity contribution in [3.8, 4) is 0 Å². The topological polar surface area (TPSA) is 16.1 Å². The lowest BCUT2D eigenvalue weighted by Crippen LogP contribution is -2.20. The number of halogens is 2. The summed E-state index contributed by atoms with van der Waals surface area (Å²) in [6.45, 7) is 1.56. The fraction of sp³-hybridized carbons (Fsp3) is 0.214. The van der Waals surface area contributed by atoms with Gasteiger partial charge in [-0.05, 0) is 36.2 Å². The van der Waals surface area contributed by atoms with E-state index in [0.29, 0.717) is 11.7 Å². The predicted octanol–water partition coefficient (Wildman–Crippen LogP) is 3.44. The van der Waals surface area contributed by atoms with Crippen molar-refractivity contribution in [1.29, 1.82) is 0 Å². The van der Waals surface area contributed by atoms with E-state index < -0.39 is 0 Å². The largest absolute Gasteiger partial charge is 0.365 e. The summed E-state index contributed by atoms with van der Waals surface area (Å²) in [5, 5.41) is 0.492. The number of anilines is 1.